The first-order valence-electron chi connectivity index (χ1n) is 8.30. The van der Waals surface area contributed by atoms with E-state index < -0.39 is 6.10 Å². The number of ether oxygens (including phenoxy) is 1. The predicted molar refractivity (Wildman–Crippen MR) is 86.1 cm³/mol. The van der Waals surface area contributed by atoms with Crippen molar-refractivity contribution in [3.63, 3.8) is 0 Å². The van der Waals surface area contributed by atoms with Gasteiger partial charge in [-0.3, -0.25) is 4.68 Å². The third-order valence-corrected chi connectivity index (χ3v) is 4.62. The molecule has 4 nitrogen and oxygen atoms in total. The lowest BCUT2D eigenvalue weighted by molar-refractivity contribution is -0.0478. The molecule has 0 saturated heterocycles. The number of aromatic nitrogens is 1. The summed E-state index contributed by atoms with van der Waals surface area (Å²) < 4.78 is 7.99. The van der Waals surface area contributed by atoms with Gasteiger partial charge in [0.2, 0.25) is 0 Å². The van der Waals surface area contributed by atoms with Gasteiger partial charge in [-0.25, -0.2) is 0 Å². The van der Waals surface area contributed by atoms with Gasteiger partial charge in [0.25, 0.3) is 0 Å². The maximum absolute atomic E-state index is 10.1. The third-order valence-electron chi connectivity index (χ3n) is 4.62. The minimum atomic E-state index is -0.467. The first-order valence-corrected chi connectivity index (χ1v) is 8.30. The highest BCUT2D eigenvalue weighted by Crippen LogP contribution is 2.29. The van der Waals surface area contributed by atoms with Crippen LogP contribution >= 0.6 is 0 Å². The summed E-state index contributed by atoms with van der Waals surface area (Å²) in [5, 5.41) is 10.1. The Morgan fingerprint density at radius 1 is 1.29 bits per heavy atom. The zero-order valence-corrected chi connectivity index (χ0v) is 13.6. The molecule has 3 unspecified atom stereocenters. The zero-order valence-electron chi connectivity index (χ0n) is 13.6. The van der Waals surface area contributed by atoms with Gasteiger partial charge in [-0.15, -0.1) is 0 Å². The van der Waals surface area contributed by atoms with Crippen molar-refractivity contribution in [1.29, 1.82) is 0 Å². The Hall–Kier alpha value is -1.00. The Morgan fingerprint density at radius 2 is 1.95 bits per heavy atom. The predicted octanol–water partition coefficient (Wildman–Crippen LogP) is 2.99. The molecule has 1 aromatic rings. The molecule has 0 spiro atoms. The van der Waals surface area contributed by atoms with Gasteiger partial charge in [-0.1, -0.05) is 26.2 Å². The fourth-order valence-corrected chi connectivity index (χ4v) is 3.27. The number of aliphatic hydroxyl groups excluding tert-OH is 1. The summed E-state index contributed by atoms with van der Waals surface area (Å²) in [6, 6.07) is 4.14. The molecule has 1 aromatic heterocycles. The first-order chi connectivity index (χ1) is 10.1. The minimum Gasteiger partial charge on any atom is -0.389 e. The van der Waals surface area contributed by atoms with E-state index in [2.05, 4.69) is 38.3 Å². The fraction of sp³-hybridized carbons (Fsp3) is 0.765. The topological polar surface area (TPSA) is 46.4 Å². The molecule has 1 saturated carbocycles. The van der Waals surface area contributed by atoms with E-state index in [1.54, 1.807) is 0 Å². The monoisotopic (exact) mass is 294 g/mol. The Morgan fingerprint density at radius 3 is 2.62 bits per heavy atom. The Bertz CT molecular complexity index is 411. The van der Waals surface area contributed by atoms with Gasteiger partial charge < -0.3 is 15.3 Å². The highest BCUT2D eigenvalue weighted by molar-refractivity contribution is 5.15. The standard InChI is InChI=1S/C17H30N2O2/c1-4-15-7-5-6-8-17(15)21-12-16(20)11-18-19-13(2)9-10-14(19)3/h9-10,15-18,20H,4-8,11-12H2,1-3H3. The molecule has 0 bridgehead atoms. The van der Waals surface area contributed by atoms with E-state index in [1.807, 2.05) is 4.68 Å². The van der Waals surface area contributed by atoms with Crippen LogP contribution in [0.5, 0.6) is 0 Å². The van der Waals surface area contributed by atoms with Crippen LogP contribution in [0.4, 0.5) is 0 Å². The third kappa shape index (κ3) is 4.48. The van der Waals surface area contributed by atoms with E-state index in [1.165, 1.54) is 25.7 Å². The van der Waals surface area contributed by atoms with Crippen LogP contribution in [0, 0.1) is 19.8 Å². The number of nitrogens with zero attached hydrogens (tertiary/aromatic N) is 1. The second kappa shape index (κ2) is 7.85. The average Bonchev–Trinajstić information content (AvgIpc) is 2.82. The van der Waals surface area contributed by atoms with Crippen LogP contribution in [0.25, 0.3) is 0 Å². The van der Waals surface area contributed by atoms with Crippen molar-refractivity contribution in [3.05, 3.63) is 23.5 Å². The van der Waals surface area contributed by atoms with Crippen LogP contribution in [-0.2, 0) is 4.74 Å². The normalized spacial score (nSPS) is 24.0. The van der Waals surface area contributed by atoms with Crippen molar-refractivity contribution < 1.29 is 9.84 Å². The molecule has 0 aliphatic heterocycles. The molecule has 0 amide bonds. The molecule has 0 radical (unpaired) electrons. The molecule has 1 heterocycles. The summed E-state index contributed by atoms with van der Waals surface area (Å²) in [6.45, 7) is 7.28. The van der Waals surface area contributed by atoms with Crippen molar-refractivity contribution in [3.8, 4) is 0 Å². The smallest absolute Gasteiger partial charge is 0.0961 e. The minimum absolute atomic E-state index is 0.341. The van der Waals surface area contributed by atoms with E-state index in [-0.39, 0.29) is 0 Å². The highest BCUT2D eigenvalue weighted by atomic mass is 16.5. The average molecular weight is 294 g/mol. The molecule has 2 N–H and O–H groups in total. The van der Waals surface area contributed by atoms with Crippen molar-refractivity contribution in [2.45, 2.75) is 65.1 Å². The number of aliphatic hydroxyl groups is 1. The molecule has 2 rings (SSSR count). The number of rotatable bonds is 7. The molecular formula is C17H30N2O2. The molecule has 1 aliphatic carbocycles. The zero-order chi connectivity index (χ0) is 15.2. The van der Waals surface area contributed by atoms with Crippen molar-refractivity contribution in [1.82, 2.24) is 4.68 Å². The number of hydrogen-bond donors (Lipinski definition) is 2. The maximum Gasteiger partial charge on any atom is 0.0961 e. The second-order valence-electron chi connectivity index (χ2n) is 6.29. The van der Waals surface area contributed by atoms with Gasteiger partial charge in [0.1, 0.15) is 0 Å². The van der Waals surface area contributed by atoms with E-state index in [9.17, 15) is 5.11 Å². The summed E-state index contributed by atoms with van der Waals surface area (Å²) in [5.41, 5.74) is 5.56. The van der Waals surface area contributed by atoms with Crippen molar-refractivity contribution in [2.75, 3.05) is 18.6 Å². The molecule has 4 heteroatoms. The number of hydrogen-bond acceptors (Lipinski definition) is 3. The largest absolute Gasteiger partial charge is 0.389 e. The van der Waals surface area contributed by atoms with Gasteiger partial charge in [-0.05, 0) is 44.7 Å². The molecule has 21 heavy (non-hydrogen) atoms. The lowest BCUT2D eigenvalue weighted by Gasteiger charge is -2.31. The SMILES string of the molecule is CCC1CCCCC1OCC(O)CNn1c(C)ccc1C. The lowest BCUT2D eigenvalue weighted by Crippen LogP contribution is -2.34. The van der Waals surface area contributed by atoms with Crippen molar-refractivity contribution in [2.24, 2.45) is 5.92 Å². The molecule has 1 fully saturated rings. The molecule has 3 atom stereocenters. The van der Waals surface area contributed by atoms with Crippen LogP contribution in [0.3, 0.4) is 0 Å². The Balaban J connectivity index is 1.73. The lowest BCUT2D eigenvalue weighted by atomic mass is 9.85. The van der Waals surface area contributed by atoms with Gasteiger partial charge in [-0.2, -0.15) is 0 Å². The maximum atomic E-state index is 10.1. The summed E-state index contributed by atoms with van der Waals surface area (Å²) in [5.74, 6) is 0.674. The van der Waals surface area contributed by atoms with E-state index in [4.69, 9.17) is 4.74 Å². The van der Waals surface area contributed by atoms with Gasteiger partial charge in [0.15, 0.2) is 0 Å². The van der Waals surface area contributed by atoms with Gasteiger partial charge in [0, 0.05) is 11.4 Å². The van der Waals surface area contributed by atoms with Crippen molar-refractivity contribution >= 4 is 0 Å². The molecule has 1 aliphatic rings. The Kier molecular flexibility index (Phi) is 6.12. The molecular weight excluding hydrogens is 264 g/mol. The molecule has 0 aromatic carbocycles. The quantitative estimate of drug-likeness (QED) is 0.812. The summed E-state index contributed by atoms with van der Waals surface area (Å²) in [7, 11) is 0. The summed E-state index contributed by atoms with van der Waals surface area (Å²) in [6.07, 6.45) is 6.07. The van der Waals surface area contributed by atoms with Crippen LogP contribution in [0.15, 0.2) is 12.1 Å². The van der Waals surface area contributed by atoms with Gasteiger partial charge in [0.05, 0.1) is 25.4 Å². The van der Waals surface area contributed by atoms with Gasteiger partial charge >= 0.3 is 0 Å². The van der Waals surface area contributed by atoms with Crippen LogP contribution in [-0.4, -0.2) is 35.1 Å². The van der Waals surface area contributed by atoms with E-state index in [0.29, 0.717) is 25.2 Å². The van der Waals surface area contributed by atoms with E-state index in [0.717, 1.165) is 17.8 Å². The fourth-order valence-electron chi connectivity index (χ4n) is 3.27. The number of nitrogens with one attached hydrogen (secondary N) is 1. The second-order valence-corrected chi connectivity index (χ2v) is 6.29. The Labute approximate surface area is 128 Å². The van der Waals surface area contributed by atoms with Crippen LogP contribution in [0.1, 0.15) is 50.4 Å². The number of aryl methyl sites for hydroxylation is 2. The van der Waals surface area contributed by atoms with Crippen LogP contribution in [0.2, 0.25) is 0 Å². The summed E-state index contributed by atoms with van der Waals surface area (Å²) >= 11 is 0. The first kappa shape index (κ1) is 16.4. The van der Waals surface area contributed by atoms with E-state index >= 15 is 0 Å². The molecule has 120 valence electrons. The highest BCUT2D eigenvalue weighted by Gasteiger charge is 2.24. The summed E-state index contributed by atoms with van der Waals surface area (Å²) in [4.78, 5) is 0. The van der Waals surface area contributed by atoms with Crippen LogP contribution < -0.4 is 5.43 Å².